The van der Waals surface area contributed by atoms with E-state index in [4.69, 9.17) is 11.2 Å². The summed E-state index contributed by atoms with van der Waals surface area (Å²) >= 11 is 0. The molecular weight excluding hydrogens is 424 g/mol. The van der Waals surface area contributed by atoms with Crippen LogP contribution in [0.5, 0.6) is 0 Å². The van der Waals surface area contributed by atoms with Crippen LogP contribution in [0.15, 0.2) is 22.4 Å². The summed E-state index contributed by atoms with van der Waals surface area (Å²) in [7, 11) is -3.86. The van der Waals surface area contributed by atoms with Crippen molar-refractivity contribution < 1.29 is 37.2 Å². The monoisotopic (exact) mass is 444 g/mol. The van der Waals surface area contributed by atoms with Gasteiger partial charge in [-0.3, -0.25) is 19.7 Å². The van der Waals surface area contributed by atoms with Crippen molar-refractivity contribution in [2.24, 2.45) is 0 Å². The zero-order valence-corrected chi connectivity index (χ0v) is 16.7. The number of esters is 1. The second-order valence-corrected chi connectivity index (χ2v) is 7.68. The first-order chi connectivity index (χ1) is 14.1. The zero-order valence-electron chi connectivity index (χ0n) is 15.9. The van der Waals surface area contributed by atoms with Crippen LogP contribution in [0.1, 0.15) is 0 Å². The van der Waals surface area contributed by atoms with Gasteiger partial charge in [-0.2, -0.15) is 0 Å². The van der Waals surface area contributed by atoms with Gasteiger partial charge in [-0.15, -0.1) is 6.42 Å². The Morgan fingerprint density at radius 2 is 1.97 bits per heavy atom. The Bertz CT molecular complexity index is 915. The van der Waals surface area contributed by atoms with Crippen LogP contribution in [-0.4, -0.2) is 76.8 Å². The summed E-state index contributed by atoms with van der Waals surface area (Å²) in [6.07, 6.45) is 6.60. The second kappa shape index (κ2) is 11.5. The third-order valence-electron chi connectivity index (χ3n) is 3.34. The summed E-state index contributed by atoms with van der Waals surface area (Å²) in [6.45, 7) is -1.28. The quantitative estimate of drug-likeness (QED) is 0.101. The van der Waals surface area contributed by atoms with Crippen molar-refractivity contribution in [2.75, 3.05) is 45.7 Å². The number of amides is 2. The summed E-state index contributed by atoms with van der Waals surface area (Å²) < 4.78 is 32.5. The van der Waals surface area contributed by atoms with E-state index in [0.717, 1.165) is 12.3 Å². The highest BCUT2D eigenvalue weighted by molar-refractivity contribution is 7.94. The van der Waals surface area contributed by atoms with E-state index in [-0.39, 0.29) is 31.8 Å². The first-order valence-corrected chi connectivity index (χ1v) is 10.2. The average molecular weight is 444 g/mol. The van der Waals surface area contributed by atoms with Gasteiger partial charge in [0.05, 0.1) is 4.92 Å². The number of nitro groups is 1. The molecule has 30 heavy (non-hydrogen) atoms. The van der Waals surface area contributed by atoms with Crippen LogP contribution in [0.2, 0.25) is 0 Å². The number of carbonyl (C=O) groups is 3. The molecule has 0 aromatic carbocycles. The maximum Gasteiger partial charge on any atom is 0.333 e. The Balaban J connectivity index is 2.42. The van der Waals surface area contributed by atoms with Gasteiger partial charge in [0.2, 0.25) is 16.8 Å². The van der Waals surface area contributed by atoms with Crippen molar-refractivity contribution in [3.05, 3.63) is 32.5 Å². The Morgan fingerprint density at radius 3 is 2.57 bits per heavy atom. The number of carbonyl (C=O) groups excluding carboxylic acids is 3. The SMILES string of the molecule is C#CCOC(=O)COCC(=O)NCCNC(=O)C1=CC([N+](=O)[O-])=C(S(C)(=O)=O)NC1. The molecule has 0 fully saturated rings. The van der Waals surface area contributed by atoms with Crippen LogP contribution in [0, 0.1) is 22.5 Å². The van der Waals surface area contributed by atoms with Gasteiger partial charge in [-0.25, -0.2) is 13.2 Å². The van der Waals surface area contributed by atoms with Gasteiger partial charge in [-0.05, 0) is 0 Å². The minimum Gasteiger partial charge on any atom is -0.451 e. The molecule has 1 aliphatic heterocycles. The largest absolute Gasteiger partial charge is 0.451 e. The molecule has 0 aromatic heterocycles. The Labute approximate surface area is 171 Å². The number of terminal acetylenes is 1. The molecule has 0 aliphatic carbocycles. The van der Waals surface area contributed by atoms with Gasteiger partial charge >= 0.3 is 11.7 Å². The average Bonchev–Trinajstić information content (AvgIpc) is 2.68. The van der Waals surface area contributed by atoms with Gasteiger partial charge in [-0.1, -0.05) is 5.92 Å². The molecule has 0 saturated heterocycles. The first kappa shape index (κ1) is 24.6. The highest BCUT2D eigenvalue weighted by Crippen LogP contribution is 2.17. The van der Waals surface area contributed by atoms with E-state index in [0.29, 0.717) is 0 Å². The van der Waals surface area contributed by atoms with Crippen LogP contribution in [0.4, 0.5) is 0 Å². The number of hydrogen-bond donors (Lipinski definition) is 3. The summed E-state index contributed by atoms with van der Waals surface area (Å²) in [5.41, 5.74) is -0.783. The molecule has 1 rings (SSSR count). The van der Waals surface area contributed by atoms with E-state index in [1.54, 1.807) is 0 Å². The minimum atomic E-state index is -3.86. The lowest BCUT2D eigenvalue weighted by atomic mass is 10.1. The first-order valence-electron chi connectivity index (χ1n) is 8.31. The Morgan fingerprint density at radius 1 is 1.30 bits per heavy atom. The van der Waals surface area contributed by atoms with Crippen molar-refractivity contribution in [1.29, 1.82) is 0 Å². The summed E-state index contributed by atoms with van der Waals surface area (Å²) in [6, 6.07) is 0. The molecule has 0 aromatic rings. The van der Waals surface area contributed by atoms with E-state index in [2.05, 4.69) is 26.6 Å². The number of ether oxygens (including phenoxy) is 2. The third kappa shape index (κ3) is 8.29. The van der Waals surface area contributed by atoms with E-state index < -0.39 is 56.5 Å². The van der Waals surface area contributed by atoms with Crippen LogP contribution in [0.25, 0.3) is 0 Å². The van der Waals surface area contributed by atoms with E-state index in [1.807, 2.05) is 0 Å². The predicted octanol–water partition coefficient (Wildman–Crippen LogP) is -2.57. The van der Waals surface area contributed by atoms with Crippen LogP contribution in [-0.2, 0) is 33.7 Å². The highest BCUT2D eigenvalue weighted by atomic mass is 32.2. The molecule has 1 heterocycles. The van der Waals surface area contributed by atoms with Crippen LogP contribution in [0.3, 0.4) is 0 Å². The molecule has 3 N–H and O–H groups in total. The molecule has 0 spiro atoms. The maximum atomic E-state index is 12.1. The van der Waals surface area contributed by atoms with E-state index in [1.165, 1.54) is 0 Å². The standard InChI is InChI=1S/C16H20N4O9S/c1-3-6-29-14(22)10-28-9-13(21)17-4-5-18-15(23)11-7-12(20(24)25)16(19-8-11)30(2,26)27/h1,7,19H,4-6,8-10H2,2H3,(H,17,21)(H,18,23). The van der Waals surface area contributed by atoms with Gasteiger partial charge in [0.25, 0.3) is 0 Å². The molecule has 14 heteroatoms. The highest BCUT2D eigenvalue weighted by Gasteiger charge is 2.30. The number of nitrogens with zero attached hydrogens (tertiary/aromatic N) is 1. The molecule has 0 atom stereocenters. The molecule has 0 saturated carbocycles. The Hall–Kier alpha value is -3.44. The lowest BCUT2D eigenvalue weighted by Gasteiger charge is -2.16. The molecule has 0 radical (unpaired) electrons. The van der Waals surface area contributed by atoms with Gasteiger partial charge < -0.3 is 25.4 Å². The lowest BCUT2D eigenvalue weighted by molar-refractivity contribution is -0.420. The number of rotatable bonds is 11. The Kier molecular flexibility index (Phi) is 9.46. The van der Waals surface area contributed by atoms with Crippen LogP contribution >= 0.6 is 0 Å². The molecular formula is C16H20N4O9S. The van der Waals surface area contributed by atoms with Gasteiger partial charge in [0.1, 0.15) is 13.2 Å². The van der Waals surface area contributed by atoms with E-state index >= 15 is 0 Å². The van der Waals surface area contributed by atoms with Gasteiger partial charge in [0.15, 0.2) is 16.4 Å². The number of allylic oxidation sites excluding steroid dienone is 1. The summed E-state index contributed by atoms with van der Waals surface area (Å²) in [5, 5.41) is 17.7. The molecule has 1 aliphatic rings. The maximum absolute atomic E-state index is 12.1. The molecule has 0 unspecified atom stereocenters. The van der Waals surface area contributed by atoms with Crippen molar-refractivity contribution in [3.8, 4) is 12.3 Å². The molecule has 2 amide bonds. The fraction of sp³-hybridized carbons (Fsp3) is 0.438. The molecule has 164 valence electrons. The van der Waals surface area contributed by atoms with Crippen molar-refractivity contribution in [2.45, 2.75) is 0 Å². The van der Waals surface area contributed by atoms with E-state index in [9.17, 15) is 32.9 Å². The van der Waals surface area contributed by atoms with Crippen molar-refractivity contribution in [3.63, 3.8) is 0 Å². The number of nitrogens with one attached hydrogen (secondary N) is 3. The minimum absolute atomic E-state index is 0.0113. The lowest BCUT2D eigenvalue weighted by Crippen LogP contribution is -2.39. The fourth-order valence-corrected chi connectivity index (χ4v) is 2.93. The smallest absolute Gasteiger partial charge is 0.333 e. The second-order valence-electron chi connectivity index (χ2n) is 5.73. The third-order valence-corrected chi connectivity index (χ3v) is 4.44. The van der Waals surface area contributed by atoms with Crippen molar-refractivity contribution >= 4 is 27.6 Å². The molecule has 13 nitrogen and oxygen atoms in total. The number of dihydropyridines is 1. The predicted molar refractivity (Wildman–Crippen MR) is 102 cm³/mol. The van der Waals surface area contributed by atoms with Crippen LogP contribution < -0.4 is 16.0 Å². The zero-order chi connectivity index (χ0) is 22.7. The topological polar surface area (TPSA) is 183 Å². The number of hydrogen-bond acceptors (Lipinski definition) is 10. The normalized spacial score (nSPS) is 13.4. The van der Waals surface area contributed by atoms with Crippen molar-refractivity contribution in [1.82, 2.24) is 16.0 Å². The summed E-state index contributed by atoms with van der Waals surface area (Å²) in [4.78, 5) is 44.9. The number of sulfone groups is 1. The molecule has 0 bridgehead atoms. The van der Waals surface area contributed by atoms with Gasteiger partial charge in [0, 0.05) is 37.5 Å². The fourth-order valence-electron chi connectivity index (χ4n) is 2.08. The summed E-state index contributed by atoms with van der Waals surface area (Å²) in [5.74, 6) is 0.158.